The molecule has 2 aliphatic rings. The van der Waals surface area contributed by atoms with Gasteiger partial charge in [0.2, 0.25) is 5.91 Å². The second-order valence-electron chi connectivity index (χ2n) is 5.81. The number of urea groups is 1. The summed E-state index contributed by atoms with van der Waals surface area (Å²) in [6, 6.07) is 7.66. The van der Waals surface area contributed by atoms with E-state index in [9.17, 15) is 9.59 Å². The van der Waals surface area contributed by atoms with Gasteiger partial charge < -0.3 is 15.5 Å². The zero-order valence-electron chi connectivity index (χ0n) is 12.1. The molecule has 0 atom stereocenters. The highest BCUT2D eigenvalue weighted by atomic mass is 16.2. The quantitative estimate of drug-likeness (QED) is 0.893. The number of amides is 3. The first-order chi connectivity index (χ1) is 10.2. The molecular formula is C16H21N3O2. The van der Waals surface area contributed by atoms with Gasteiger partial charge in [0.1, 0.15) is 0 Å². The van der Waals surface area contributed by atoms with E-state index in [2.05, 4.69) is 10.6 Å². The van der Waals surface area contributed by atoms with Crippen molar-refractivity contribution in [1.29, 1.82) is 0 Å². The normalized spacial score (nSPS) is 17.6. The SMILES string of the molecule is O=C(Nc1ccc(CNC(=O)N2CCCC2)cc1)C1CC1. The maximum Gasteiger partial charge on any atom is 0.317 e. The molecule has 21 heavy (non-hydrogen) atoms. The molecule has 1 aliphatic heterocycles. The summed E-state index contributed by atoms with van der Waals surface area (Å²) in [5.74, 6) is 0.328. The third-order valence-corrected chi connectivity index (χ3v) is 4.01. The van der Waals surface area contributed by atoms with E-state index in [1.54, 1.807) is 0 Å². The van der Waals surface area contributed by atoms with Crippen molar-refractivity contribution in [1.82, 2.24) is 10.2 Å². The van der Waals surface area contributed by atoms with Crippen molar-refractivity contribution in [2.24, 2.45) is 5.92 Å². The van der Waals surface area contributed by atoms with Gasteiger partial charge in [-0.15, -0.1) is 0 Å². The zero-order chi connectivity index (χ0) is 14.7. The van der Waals surface area contributed by atoms with Gasteiger partial charge in [0.05, 0.1) is 0 Å². The average Bonchev–Trinajstić information content (AvgIpc) is 3.21. The van der Waals surface area contributed by atoms with Crippen molar-refractivity contribution in [2.75, 3.05) is 18.4 Å². The van der Waals surface area contributed by atoms with Crippen LogP contribution < -0.4 is 10.6 Å². The van der Waals surface area contributed by atoms with Crippen LogP contribution >= 0.6 is 0 Å². The molecule has 0 spiro atoms. The van der Waals surface area contributed by atoms with Crippen molar-refractivity contribution >= 4 is 17.6 Å². The summed E-state index contributed by atoms with van der Waals surface area (Å²) in [6.45, 7) is 2.24. The number of carbonyl (C=O) groups excluding carboxylic acids is 2. The van der Waals surface area contributed by atoms with Gasteiger partial charge in [0.15, 0.2) is 0 Å². The number of likely N-dealkylation sites (tertiary alicyclic amines) is 1. The highest BCUT2D eigenvalue weighted by molar-refractivity contribution is 5.94. The van der Waals surface area contributed by atoms with Crippen LogP contribution in [0.1, 0.15) is 31.2 Å². The van der Waals surface area contributed by atoms with E-state index in [4.69, 9.17) is 0 Å². The van der Waals surface area contributed by atoms with Gasteiger partial charge in [-0.2, -0.15) is 0 Å². The predicted octanol–water partition coefficient (Wildman–Crippen LogP) is 2.34. The molecular weight excluding hydrogens is 266 g/mol. The highest BCUT2D eigenvalue weighted by Gasteiger charge is 2.29. The van der Waals surface area contributed by atoms with E-state index in [1.165, 1.54) is 0 Å². The smallest absolute Gasteiger partial charge is 0.317 e. The van der Waals surface area contributed by atoms with Crippen LogP contribution in [-0.4, -0.2) is 29.9 Å². The van der Waals surface area contributed by atoms with E-state index in [0.29, 0.717) is 6.54 Å². The van der Waals surface area contributed by atoms with E-state index < -0.39 is 0 Å². The second-order valence-corrected chi connectivity index (χ2v) is 5.81. The summed E-state index contributed by atoms with van der Waals surface area (Å²) in [5.41, 5.74) is 1.86. The molecule has 1 aromatic rings. The van der Waals surface area contributed by atoms with Crippen LogP contribution in [0.25, 0.3) is 0 Å². The Morgan fingerprint density at radius 3 is 2.38 bits per heavy atom. The molecule has 2 fully saturated rings. The lowest BCUT2D eigenvalue weighted by Crippen LogP contribution is -2.37. The minimum Gasteiger partial charge on any atom is -0.334 e. The Hall–Kier alpha value is -2.04. The molecule has 1 aromatic carbocycles. The molecule has 1 aliphatic carbocycles. The molecule has 0 aromatic heterocycles. The minimum absolute atomic E-state index is 0.0126. The molecule has 3 amide bonds. The lowest BCUT2D eigenvalue weighted by Gasteiger charge is -2.16. The predicted molar refractivity (Wildman–Crippen MR) is 80.8 cm³/mol. The lowest BCUT2D eigenvalue weighted by molar-refractivity contribution is -0.117. The molecule has 1 saturated heterocycles. The van der Waals surface area contributed by atoms with E-state index >= 15 is 0 Å². The monoisotopic (exact) mass is 287 g/mol. The summed E-state index contributed by atoms with van der Waals surface area (Å²) in [4.78, 5) is 25.4. The summed E-state index contributed by atoms with van der Waals surface area (Å²) < 4.78 is 0. The van der Waals surface area contributed by atoms with Crippen LogP contribution in [0, 0.1) is 5.92 Å². The Labute approximate surface area is 124 Å². The number of nitrogens with zero attached hydrogens (tertiary/aromatic N) is 1. The Balaban J connectivity index is 1.47. The standard InChI is InChI=1S/C16H21N3O2/c20-15(13-5-6-13)18-14-7-3-12(4-8-14)11-17-16(21)19-9-1-2-10-19/h3-4,7-8,13H,1-2,5-6,9-11H2,(H,17,21)(H,18,20). The number of carbonyl (C=O) groups is 2. The van der Waals surface area contributed by atoms with Gasteiger partial charge in [-0.1, -0.05) is 12.1 Å². The molecule has 2 N–H and O–H groups in total. The van der Waals surface area contributed by atoms with Gasteiger partial charge in [-0.25, -0.2) is 4.79 Å². The first-order valence-electron chi connectivity index (χ1n) is 7.65. The fourth-order valence-electron chi connectivity index (χ4n) is 2.51. The maximum absolute atomic E-state index is 11.9. The van der Waals surface area contributed by atoms with Crippen molar-refractivity contribution in [3.63, 3.8) is 0 Å². The lowest BCUT2D eigenvalue weighted by atomic mass is 10.2. The van der Waals surface area contributed by atoms with Crippen LogP contribution in [0.4, 0.5) is 10.5 Å². The van der Waals surface area contributed by atoms with E-state index in [-0.39, 0.29) is 17.9 Å². The van der Waals surface area contributed by atoms with Gasteiger partial charge in [-0.05, 0) is 43.4 Å². The molecule has 0 radical (unpaired) electrons. The van der Waals surface area contributed by atoms with Gasteiger partial charge in [0, 0.05) is 31.2 Å². The average molecular weight is 287 g/mol. The number of benzene rings is 1. The highest BCUT2D eigenvalue weighted by Crippen LogP contribution is 2.30. The number of rotatable bonds is 4. The summed E-state index contributed by atoms with van der Waals surface area (Å²) in [7, 11) is 0. The van der Waals surface area contributed by atoms with Crippen molar-refractivity contribution in [3.05, 3.63) is 29.8 Å². The summed E-state index contributed by atoms with van der Waals surface area (Å²) >= 11 is 0. The third kappa shape index (κ3) is 3.74. The molecule has 0 bridgehead atoms. The molecule has 1 saturated carbocycles. The number of hydrogen-bond acceptors (Lipinski definition) is 2. The first-order valence-corrected chi connectivity index (χ1v) is 7.65. The Morgan fingerprint density at radius 1 is 1.10 bits per heavy atom. The molecule has 112 valence electrons. The second kappa shape index (κ2) is 6.16. The van der Waals surface area contributed by atoms with Crippen LogP contribution in [-0.2, 0) is 11.3 Å². The molecule has 5 nitrogen and oxygen atoms in total. The van der Waals surface area contributed by atoms with E-state index in [0.717, 1.165) is 50.0 Å². The molecule has 0 unspecified atom stereocenters. The van der Waals surface area contributed by atoms with Crippen molar-refractivity contribution in [2.45, 2.75) is 32.2 Å². The Kier molecular flexibility index (Phi) is 4.08. The fraction of sp³-hybridized carbons (Fsp3) is 0.500. The topological polar surface area (TPSA) is 61.4 Å². The van der Waals surface area contributed by atoms with Gasteiger partial charge in [0.25, 0.3) is 0 Å². The van der Waals surface area contributed by atoms with Crippen molar-refractivity contribution < 1.29 is 9.59 Å². The molecule has 5 heteroatoms. The van der Waals surface area contributed by atoms with E-state index in [1.807, 2.05) is 29.2 Å². The first kappa shape index (κ1) is 13.9. The maximum atomic E-state index is 11.9. The summed E-state index contributed by atoms with van der Waals surface area (Å²) in [6.07, 6.45) is 4.21. The van der Waals surface area contributed by atoms with Gasteiger partial charge in [-0.3, -0.25) is 4.79 Å². The van der Waals surface area contributed by atoms with Crippen LogP contribution in [0.15, 0.2) is 24.3 Å². The third-order valence-electron chi connectivity index (χ3n) is 4.01. The number of nitrogens with one attached hydrogen (secondary N) is 2. The van der Waals surface area contributed by atoms with Crippen LogP contribution in [0.5, 0.6) is 0 Å². The zero-order valence-corrected chi connectivity index (χ0v) is 12.1. The van der Waals surface area contributed by atoms with Crippen molar-refractivity contribution in [3.8, 4) is 0 Å². The molecule has 1 heterocycles. The van der Waals surface area contributed by atoms with Gasteiger partial charge >= 0.3 is 6.03 Å². The number of hydrogen-bond donors (Lipinski definition) is 2. The summed E-state index contributed by atoms with van der Waals surface area (Å²) in [5, 5.41) is 5.84. The largest absolute Gasteiger partial charge is 0.334 e. The van der Waals surface area contributed by atoms with Crippen LogP contribution in [0.3, 0.4) is 0 Å². The minimum atomic E-state index is 0.0126. The Morgan fingerprint density at radius 2 is 1.76 bits per heavy atom. The number of anilines is 1. The molecule has 3 rings (SSSR count). The Bertz CT molecular complexity index is 517. The fourth-order valence-corrected chi connectivity index (χ4v) is 2.51. The van der Waals surface area contributed by atoms with Crippen LogP contribution in [0.2, 0.25) is 0 Å².